The SMILES string of the molecule is CCCNC(COC(C)C)c1ccc(OC)c(OC)c1. The molecule has 0 saturated carbocycles. The Bertz CT molecular complexity index is 393. The second-order valence-electron chi connectivity index (χ2n) is 5.00. The molecule has 0 aliphatic heterocycles. The summed E-state index contributed by atoms with van der Waals surface area (Å²) >= 11 is 0. The summed E-state index contributed by atoms with van der Waals surface area (Å²) in [5, 5.41) is 3.51. The Kier molecular flexibility index (Phi) is 7.41. The predicted octanol–water partition coefficient (Wildman–Crippen LogP) is 3.17. The topological polar surface area (TPSA) is 39.7 Å². The maximum Gasteiger partial charge on any atom is 0.161 e. The lowest BCUT2D eigenvalue weighted by atomic mass is 10.1. The minimum absolute atomic E-state index is 0.164. The maximum atomic E-state index is 5.75. The highest BCUT2D eigenvalue weighted by molar-refractivity contribution is 5.43. The van der Waals surface area contributed by atoms with Gasteiger partial charge in [0.2, 0.25) is 0 Å². The van der Waals surface area contributed by atoms with E-state index in [0.717, 1.165) is 30.0 Å². The first kappa shape index (κ1) is 16.8. The Morgan fingerprint density at radius 3 is 2.35 bits per heavy atom. The van der Waals surface area contributed by atoms with Gasteiger partial charge in [0.25, 0.3) is 0 Å². The van der Waals surface area contributed by atoms with E-state index in [0.29, 0.717) is 6.61 Å². The van der Waals surface area contributed by atoms with Gasteiger partial charge in [0.1, 0.15) is 0 Å². The smallest absolute Gasteiger partial charge is 0.161 e. The molecule has 1 unspecified atom stereocenters. The molecule has 1 N–H and O–H groups in total. The molecule has 1 atom stereocenters. The molecule has 0 saturated heterocycles. The highest BCUT2D eigenvalue weighted by Crippen LogP contribution is 2.30. The van der Waals surface area contributed by atoms with Crippen LogP contribution in [-0.4, -0.2) is 33.5 Å². The highest BCUT2D eigenvalue weighted by Gasteiger charge is 2.14. The van der Waals surface area contributed by atoms with Crippen molar-refractivity contribution in [1.29, 1.82) is 0 Å². The molecule has 0 aromatic heterocycles. The van der Waals surface area contributed by atoms with Crippen LogP contribution in [0.1, 0.15) is 38.8 Å². The molecule has 0 fully saturated rings. The van der Waals surface area contributed by atoms with Crippen molar-refractivity contribution in [2.75, 3.05) is 27.4 Å². The Morgan fingerprint density at radius 2 is 1.80 bits per heavy atom. The summed E-state index contributed by atoms with van der Waals surface area (Å²) < 4.78 is 16.4. The molecule has 1 aromatic rings. The number of nitrogens with one attached hydrogen (secondary N) is 1. The molecule has 114 valence electrons. The van der Waals surface area contributed by atoms with Crippen molar-refractivity contribution in [3.8, 4) is 11.5 Å². The van der Waals surface area contributed by atoms with E-state index < -0.39 is 0 Å². The van der Waals surface area contributed by atoms with Gasteiger partial charge in [-0.25, -0.2) is 0 Å². The third-order valence-corrected chi connectivity index (χ3v) is 3.05. The van der Waals surface area contributed by atoms with E-state index in [4.69, 9.17) is 14.2 Å². The van der Waals surface area contributed by atoms with Crippen LogP contribution < -0.4 is 14.8 Å². The first-order valence-electron chi connectivity index (χ1n) is 7.19. The van der Waals surface area contributed by atoms with Crippen LogP contribution >= 0.6 is 0 Å². The second kappa shape index (κ2) is 8.82. The van der Waals surface area contributed by atoms with Crippen molar-refractivity contribution in [2.24, 2.45) is 0 Å². The molecule has 1 rings (SSSR count). The molecule has 1 aromatic carbocycles. The molecule has 0 aliphatic rings. The van der Waals surface area contributed by atoms with Crippen LogP contribution in [0.5, 0.6) is 11.5 Å². The van der Waals surface area contributed by atoms with E-state index in [-0.39, 0.29) is 12.1 Å². The molecule has 0 spiro atoms. The monoisotopic (exact) mass is 281 g/mol. The lowest BCUT2D eigenvalue weighted by molar-refractivity contribution is 0.0611. The van der Waals surface area contributed by atoms with Crippen molar-refractivity contribution in [1.82, 2.24) is 5.32 Å². The average molecular weight is 281 g/mol. The van der Waals surface area contributed by atoms with E-state index >= 15 is 0 Å². The van der Waals surface area contributed by atoms with Crippen LogP contribution in [-0.2, 0) is 4.74 Å². The minimum Gasteiger partial charge on any atom is -0.493 e. The largest absolute Gasteiger partial charge is 0.493 e. The Morgan fingerprint density at radius 1 is 1.10 bits per heavy atom. The van der Waals surface area contributed by atoms with Gasteiger partial charge in [-0.3, -0.25) is 0 Å². The van der Waals surface area contributed by atoms with Crippen LogP contribution in [0.25, 0.3) is 0 Å². The number of benzene rings is 1. The van der Waals surface area contributed by atoms with Crippen molar-refractivity contribution in [3.63, 3.8) is 0 Å². The zero-order valence-corrected chi connectivity index (χ0v) is 13.2. The zero-order chi connectivity index (χ0) is 15.0. The third-order valence-electron chi connectivity index (χ3n) is 3.05. The van der Waals surface area contributed by atoms with Crippen LogP contribution in [0, 0.1) is 0 Å². The number of hydrogen-bond donors (Lipinski definition) is 1. The molecule has 0 aliphatic carbocycles. The molecule has 0 radical (unpaired) electrons. The van der Waals surface area contributed by atoms with Crippen LogP contribution in [0.2, 0.25) is 0 Å². The van der Waals surface area contributed by atoms with Gasteiger partial charge in [-0.15, -0.1) is 0 Å². The molecular weight excluding hydrogens is 254 g/mol. The summed E-state index contributed by atoms with van der Waals surface area (Å²) in [5.74, 6) is 1.49. The van der Waals surface area contributed by atoms with Crippen molar-refractivity contribution in [3.05, 3.63) is 23.8 Å². The molecule has 20 heavy (non-hydrogen) atoms. The van der Waals surface area contributed by atoms with Gasteiger partial charge in [0.15, 0.2) is 11.5 Å². The summed E-state index contributed by atoms with van der Waals surface area (Å²) in [5.41, 5.74) is 1.15. The molecule has 4 heteroatoms. The van der Waals surface area contributed by atoms with Crippen molar-refractivity contribution >= 4 is 0 Å². The lowest BCUT2D eigenvalue weighted by Gasteiger charge is -2.21. The van der Waals surface area contributed by atoms with E-state index in [1.165, 1.54) is 0 Å². The average Bonchev–Trinajstić information content (AvgIpc) is 2.46. The molecule has 0 heterocycles. The predicted molar refractivity (Wildman–Crippen MR) is 81.7 cm³/mol. The zero-order valence-electron chi connectivity index (χ0n) is 13.2. The van der Waals surface area contributed by atoms with Gasteiger partial charge in [0.05, 0.1) is 33.0 Å². The fourth-order valence-corrected chi connectivity index (χ4v) is 1.95. The van der Waals surface area contributed by atoms with E-state index in [1.54, 1.807) is 14.2 Å². The number of hydrogen-bond acceptors (Lipinski definition) is 4. The van der Waals surface area contributed by atoms with E-state index in [9.17, 15) is 0 Å². The lowest BCUT2D eigenvalue weighted by Crippen LogP contribution is -2.27. The standard InChI is InChI=1S/C16H27NO3/c1-6-9-17-14(11-20-12(2)3)13-7-8-15(18-4)16(10-13)19-5/h7-8,10,12,14,17H,6,9,11H2,1-5H3. The van der Waals surface area contributed by atoms with Crippen LogP contribution in [0.15, 0.2) is 18.2 Å². The molecule has 4 nitrogen and oxygen atoms in total. The summed E-state index contributed by atoms with van der Waals surface area (Å²) in [4.78, 5) is 0. The Labute approximate surface area is 122 Å². The quantitative estimate of drug-likeness (QED) is 0.754. The minimum atomic E-state index is 0.164. The normalized spacial score (nSPS) is 12.5. The van der Waals surface area contributed by atoms with Gasteiger partial charge < -0.3 is 19.5 Å². The molecule has 0 amide bonds. The van der Waals surface area contributed by atoms with Crippen molar-refractivity contribution in [2.45, 2.75) is 39.3 Å². The maximum absolute atomic E-state index is 5.75. The third kappa shape index (κ3) is 5.02. The van der Waals surface area contributed by atoms with Gasteiger partial charge in [-0.05, 0) is 44.5 Å². The van der Waals surface area contributed by atoms with Gasteiger partial charge in [-0.2, -0.15) is 0 Å². The Hall–Kier alpha value is -1.26. The van der Waals surface area contributed by atoms with Gasteiger partial charge in [0, 0.05) is 0 Å². The summed E-state index contributed by atoms with van der Waals surface area (Å²) in [6, 6.07) is 6.16. The number of ether oxygens (including phenoxy) is 3. The van der Waals surface area contributed by atoms with E-state index in [2.05, 4.69) is 18.3 Å². The van der Waals surface area contributed by atoms with Crippen molar-refractivity contribution < 1.29 is 14.2 Å². The fourth-order valence-electron chi connectivity index (χ4n) is 1.95. The van der Waals surface area contributed by atoms with Crippen LogP contribution in [0.3, 0.4) is 0 Å². The first-order chi connectivity index (χ1) is 9.62. The molecular formula is C16H27NO3. The fraction of sp³-hybridized carbons (Fsp3) is 0.625. The van der Waals surface area contributed by atoms with Gasteiger partial charge in [-0.1, -0.05) is 13.0 Å². The Balaban J connectivity index is 2.87. The second-order valence-corrected chi connectivity index (χ2v) is 5.00. The number of rotatable bonds is 9. The van der Waals surface area contributed by atoms with E-state index in [1.807, 2.05) is 26.0 Å². The first-order valence-corrected chi connectivity index (χ1v) is 7.19. The van der Waals surface area contributed by atoms with Gasteiger partial charge >= 0.3 is 0 Å². The van der Waals surface area contributed by atoms with Crippen LogP contribution in [0.4, 0.5) is 0 Å². The number of methoxy groups -OCH3 is 2. The summed E-state index contributed by atoms with van der Waals surface area (Å²) in [7, 11) is 3.30. The molecule has 0 bridgehead atoms. The highest BCUT2D eigenvalue weighted by atomic mass is 16.5. The summed E-state index contributed by atoms with van der Waals surface area (Å²) in [6.07, 6.45) is 1.31. The summed E-state index contributed by atoms with van der Waals surface area (Å²) in [6.45, 7) is 7.85.